The van der Waals surface area contributed by atoms with Gasteiger partial charge in [-0.2, -0.15) is 0 Å². The molecular formula is C27H34O5. The van der Waals surface area contributed by atoms with Gasteiger partial charge in [0.2, 0.25) is 0 Å². The highest BCUT2D eigenvalue weighted by Crippen LogP contribution is 2.45. The SMILES string of the molecule is CC.CC[C@H](O)CC[C@@H]1[C@H]2CC(=O)O[C@H]2C[C@H]1OC(=O)c1ccc(-c2ccccc2)cc1. The van der Waals surface area contributed by atoms with Crippen LogP contribution in [0.4, 0.5) is 0 Å². The molecule has 0 radical (unpaired) electrons. The van der Waals surface area contributed by atoms with Gasteiger partial charge in [0.05, 0.1) is 18.1 Å². The summed E-state index contributed by atoms with van der Waals surface area (Å²) in [5.74, 6) is -0.422. The third-order valence-corrected chi connectivity index (χ3v) is 6.45. The van der Waals surface area contributed by atoms with E-state index in [4.69, 9.17) is 9.47 Å². The Bertz CT molecular complexity index is 877. The lowest BCUT2D eigenvalue weighted by molar-refractivity contribution is -0.141. The number of carbonyl (C=O) groups is 2. The van der Waals surface area contributed by atoms with Gasteiger partial charge >= 0.3 is 11.9 Å². The van der Waals surface area contributed by atoms with Crippen LogP contribution in [0, 0.1) is 11.8 Å². The fourth-order valence-corrected chi connectivity index (χ4v) is 4.72. The Labute approximate surface area is 190 Å². The van der Waals surface area contributed by atoms with Gasteiger partial charge in [-0.15, -0.1) is 0 Å². The fourth-order valence-electron chi connectivity index (χ4n) is 4.72. The van der Waals surface area contributed by atoms with E-state index >= 15 is 0 Å². The van der Waals surface area contributed by atoms with E-state index in [1.807, 2.05) is 63.2 Å². The summed E-state index contributed by atoms with van der Waals surface area (Å²) in [6, 6.07) is 17.4. The lowest BCUT2D eigenvalue weighted by Gasteiger charge is -2.24. The van der Waals surface area contributed by atoms with Crippen LogP contribution in [-0.2, 0) is 14.3 Å². The van der Waals surface area contributed by atoms with Gasteiger partial charge in [-0.1, -0.05) is 63.2 Å². The van der Waals surface area contributed by atoms with E-state index in [1.165, 1.54) is 0 Å². The zero-order valence-corrected chi connectivity index (χ0v) is 19.2. The summed E-state index contributed by atoms with van der Waals surface area (Å²) in [6.45, 7) is 5.95. The number of hydrogen-bond acceptors (Lipinski definition) is 5. The lowest BCUT2D eigenvalue weighted by Crippen LogP contribution is -2.27. The first-order valence-corrected chi connectivity index (χ1v) is 11.8. The van der Waals surface area contributed by atoms with Crippen LogP contribution in [0.25, 0.3) is 11.1 Å². The lowest BCUT2D eigenvalue weighted by atomic mass is 9.87. The van der Waals surface area contributed by atoms with E-state index in [-0.39, 0.29) is 42.1 Å². The van der Waals surface area contributed by atoms with Crippen molar-refractivity contribution < 1.29 is 24.2 Å². The summed E-state index contributed by atoms with van der Waals surface area (Å²) in [6.07, 6.45) is 2.11. The number of fused-ring (bicyclic) bond motifs is 1. The Balaban J connectivity index is 0.00000141. The van der Waals surface area contributed by atoms with E-state index in [2.05, 4.69) is 0 Å². The molecule has 2 aromatic carbocycles. The molecule has 0 amide bonds. The zero-order valence-electron chi connectivity index (χ0n) is 19.2. The number of ether oxygens (including phenoxy) is 2. The minimum Gasteiger partial charge on any atom is -0.462 e. The van der Waals surface area contributed by atoms with Crippen molar-refractivity contribution in [1.29, 1.82) is 0 Å². The Kier molecular flexibility index (Phi) is 8.46. The number of rotatable bonds is 7. The van der Waals surface area contributed by atoms with E-state index in [0.29, 0.717) is 31.2 Å². The van der Waals surface area contributed by atoms with Crippen LogP contribution in [0.2, 0.25) is 0 Å². The summed E-state index contributed by atoms with van der Waals surface area (Å²) >= 11 is 0. The molecule has 32 heavy (non-hydrogen) atoms. The topological polar surface area (TPSA) is 72.8 Å². The number of aliphatic hydroxyl groups excluding tert-OH is 1. The number of carbonyl (C=O) groups excluding carboxylic acids is 2. The van der Waals surface area contributed by atoms with Crippen molar-refractivity contribution in [2.45, 2.75) is 71.2 Å². The number of hydrogen-bond donors (Lipinski definition) is 1. The predicted molar refractivity (Wildman–Crippen MR) is 124 cm³/mol. The van der Waals surface area contributed by atoms with Crippen LogP contribution in [0.5, 0.6) is 0 Å². The number of benzene rings is 2. The molecule has 0 spiro atoms. The highest BCUT2D eigenvalue weighted by Gasteiger charge is 2.51. The maximum absolute atomic E-state index is 12.8. The summed E-state index contributed by atoms with van der Waals surface area (Å²) < 4.78 is 11.3. The van der Waals surface area contributed by atoms with Crippen molar-refractivity contribution in [3.63, 3.8) is 0 Å². The van der Waals surface area contributed by atoms with Crippen LogP contribution in [0.1, 0.15) is 63.2 Å². The van der Waals surface area contributed by atoms with Gasteiger partial charge < -0.3 is 14.6 Å². The highest BCUT2D eigenvalue weighted by atomic mass is 16.6. The molecule has 2 aliphatic rings. The molecule has 5 heteroatoms. The Morgan fingerprint density at radius 3 is 2.41 bits per heavy atom. The second kappa shape index (κ2) is 11.3. The second-order valence-electron chi connectivity index (χ2n) is 8.32. The largest absolute Gasteiger partial charge is 0.462 e. The van der Waals surface area contributed by atoms with E-state index < -0.39 is 0 Å². The summed E-state index contributed by atoms with van der Waals surface area (Å²) in [5.41, 5.74) is 2.65. The number of esters is 2. The molecule has 1 aliphatic heterocycles. The first-order chi connectivity index (χ1) is 15.5. The molecule has 1 heterocycles. The predicted octanol–water partition coefficient (Wildman–Crippen LogP) is 5.41. The molecule has 2 fully saturated rings. The Morgan fingerprint density at radius 1 is 1.09 bits per heavy atom. The van der Waals surface area contributed by atoms with E-state index in [1.54, 1.807) is 12.1 Å². The van der Waals surface area contributed by atoms with Gasteiger partial charge in [-0.3, -0.25) is 4.79 Å². The molecule has 0 aromatic heterocycles. The van der Waals surface area contributed by atoms with Crippen molar-refractivity contribution >= 4 is 11.9 Å². The van der Waals surface area contributed by atoms with Gasteiger partial charge in [-0.25, -0.2) is 4.79 Å². The first kappa shape index (κ1) is 24.0. The smallest absolute Gasteiger partial charge is 0.338 e. The monoisotopic (exact) mass is 438 g/mol. The van der Waals surface area contributed by atoms with E-state index in [0.717, 1.165) is 17.5 Å². The molecular weight excluding hydrogens is 404 g/mol. The third kappa shape index (κ3) is 5.57. The molecule has 2 aromatic rings. The molecule has 1 aliphatic carbocycles. The normalized spacial score (nSPS) is 24.7. The second-order valence-corrected chi connectivity index (χ2v) is 8.32. The van der Waals surface area contributed by atoms with Gasteiger partial charge in [-0.05, 0) is 42.5 Å². The van der Waals surface area contributed by atoms with Crippen LogP contribution in [0.15, 0.2) is 54.6 Å². The van der Waals surface area contributed by atoms with Gasteiger partial charge in [0.15, 0.2) is 0 Å². The first-order valence-electron chi connectivity index (χ1n) is 11.8. The fraction of sp³-hybridized carbons (Fsp3) is 0.481. The molecule has 172 valence electrons. The average Bonchev–Trinajstić information content (AvgIpc) is 3.34. The minimum atomic E-state index is -0.371. The molecule has 1 saturated carbocycles. The minimum absolute atomic E-state index is 0.0372. The molecule has 1 saturated heterocycles. The van der Waals surface area contributed by atoms with Crippen molar-refractivity contribution in [3.8, 4) is 11.1 Å². The molecule has 4 rings (SSSR count). The van der Waals surface area contributed by atoms with E-state index in [9.17, 15) is 14.7 Å². The van der Waals surface area contributed by atoms with Gasteiger partial charge in [0.1, 0.15) is 12.2 Å². The molecule has 5 atom stereocenters. The van der Waals surface area contributed by atoms with Crippen LogP contribution in [0.3, 0.4) is 0 Å². The van der Waals surface area contributed by atoms with Crippen LogP contribution in [-0.4, -0.2) is 35.4 Å². The number of aliphatic hydroxyl groups is 1. The van der Waals surface area contributed by atoms with Crippen LogP contribution >= 0.6 is 0 Å². The summed E-state index contributed by atoms with van der Waals surface area (Å²) in [4.78, 5) is 24.5. The zero-order chi connectivity index (χ0) is 23.1. The molecule has 5 nitrogen and oxygen atoms in total. The van der Waals surface area contributed by atoms with Crippen molar-refractivity contribution in [1.82, 2.24) is 0 Å². The van der Waals surface area contributed by atoms with Gasteiger partial charge in [0.25, 0.3) is 0 Å². The summed E-state index contributed by atoms with van der Waals surface area (Å²) in [5, 5.41) is 9.97. The molecule has 0 unspecified atom stereocenters. The summed E-state index contributed by atoms with van der Waals surface area (Å²) in [7, 11) is 0. The van der Waals surface area contributed by atoms with Crippen LogP contribution < -0.4 is 0 Å². The van der Waals surface area contributed by atoms with Crippen molar-refractivity contribution in [2.24, 2.45) is 11.8 Å². The molecule has 0 bridgehead atoms. The Hall–Kier alpha value is -2.66. The van der Waals surface area contributed by atoms with Crippen molar-refractivity contribution in [3.05, 3.63) is 60.2 Å². The standard InChI is InChI=1S/C25H28O5.C2H6/c1-2-19(26)12-13-20-21-14-24(27)29-23(21)15-22(20)30-25(28)18-10-8-17(9-11-18)16-6-4-3-5-7-16;1-2/h3-11,19-23,26H,2,12-15H2,1H3;1-2H3/t19-,20+,21+,22+,23-;/m0./s1. The Morgan fingerprint density at radius 2 is 1.75 bits per heavy atom. The van der Waals surface area contributed by atoms with Crippen molar-refractivity contribution in [2.75, 3.05) is 0 Å². The van der Waals surface area contributed by atoms with Gasteiger partial charge in [0, 0.05) is 18.3 Å². The highest BCUT2D eigenvalue weighted by molar-refractivity contribution is 5.90. The molecule has 1 N–H and O–H groups in total. The maximum Gasteiger partial charge on any atom is 0.338 e. The average molecular weight is 439 g/mol. The quantitative estimate of drug-likeness (QED) is 0.585. The maximum atomic E-state index is 12.8. The third-order valence-electron chi connectivity index (χ3n) is 6.45.